The third-order valence-electron chi connectivity index (χ3n) is 5.01. The zero-order valence-electron chi connectivity index (χ0n) is 15.5. The number of amides is 1. The molecular weight excluding hydrogens is 368 g/mol. The fourth-order valence-electron chi connectivity index (χ4n) is 3.67. The highest BCUT2D eigenvalue weighted by Gasteiger charge is 2.19. The molecule has 4 nitrogen and oxygen atoms in total. The molecule has 2 fully saturated rings. The van der Waals surface area contributed by atoms with Crippen LogP contribution in [0.25, 0.3) is 0 Å². The van der Waals surface area contributed by atoms with E-state index in [1.165, 1.54) is 25.7 Å². The zero-order valence-corrected chi connectivity index (χ0v) is 17.2. The Bertz CT molecular complexity index is 566. The van der Waals surface area contributed by atoms with E-state index < -0.39 is 0 Å². The molecule has 0 aromatic heterocycles. The monoisotopic (exact) mass is 398 g/mol. The van der Waals surface area contributed by atoms with E-state index in [2.05, 4.69) is 23.6 Å². The van der Waals surface area contributed by atoms with Gasteiger partial charge in [-0.1, -0.05) is 31.9 Å². The molecule has 2 N–H and O–H groups in total. The number of carbonyl (C=O) groups is 1. The largest absolute Gasteiger partial charge is 0.374 e. The highest BCUT2D eigenvalue weighted by molar-refractivity contribution is 7.99. The minimum atomic E-state index is 0. The SMILES string of the molecule is CC1CCCC(OCc2cccc(NC(=O)CC3CSCCN3)c2)C1.Cl. The van der Waals surface area contributed by atoms with Gasteiger partial charge in [0.25, 0.3) is 0 Å². The molecule has 2 aliphatic rings. The van der Waals surface area contributed by atoms with Crippen molar-refractivity contribution >= 4 is 35.8 Å². The summed E-state index contributed by atoms with van der Waals surface area (Å²) in [5.74, 6) is 3.01. The van der Waals surface area contributed by atoms with Gasteiger partial charge in [-0.25, -0.2) is 0 Å². The summed E-state index contributed by atoms with van der Waals surface area (Å²) in [4.78, 5) is 12.2. The average Bonchev–Trinajstić information content (AvgIpc) is 2.61. The Balaban J connectivity index is 0.00000243. The molecule has 1 aliphatic carbocycles. The van der Waals surface area contributed by atoms with Gasteiger partial charge in [-0.15, -0.1) is 12.4 Å². The molecule has 1 heterocycles. The summed E-state index contributed by atoms with van der Waals surface area (Å²) in [6, 6.07) is 8.34. The number of hydrogen-bond donors (Lipinski definition) is 2. The number of benzene rings is 1. The molecule has 1 saturated heterocycles. The highest BCUT2D eigenvalue weighted by atomic mass is 35.5. The summed E-state index contributed by atoms with van der Waals surface area (Å²) in [5, 5.41) is 6.44. The van der Waals surface area contributed by atoms with Crippen LogP contribution in [0.1, 0.15) is 44.6 Å². The van der Waals surface area contributed by atoms with Crippen LogP contribution in [-0.4, -0.2) is 36.1 Å². The molecule has 1 saturated carbocycles. The third kappa shape index (κ3) is 7.10. The molecule has 146 valence electrons. The molecule has 0 bridgehead atoms. The van der Waals surface area contributed by atoms with Crippen molar-refractivity contribution in [1.82, 2.24) is 5.32 Å². The number of ether oxygens (including phenoxy) is 1. The van der Waals surface area contributed by atoms with Gasteiger partial charge in [0.1, 0.15) is 0 Å². The quantitative estimate of drug-likeness (QED) is 0.752. The van der Waals surface area contributed by atoms with E-state index in [9.17, 15) is 4.79 Å². The first kappa shape index (κ1) is 21.5. The fraction of sp³-hybridized carbons (Fsp3) is 0.650. The van der Waals surface area contributed by atoms with Gasteiger partial charge in [0.2, 0.25) is 5.91 Å². The Morgan fingerprint density at radius 1 is 1.38 bits per heavy atom. The zero-order chi connectivity index (χ0) is 17.5. The van der Waals surface area contributed by atoms with E-state index in [4.69, 9.17) is 4.74 Å². The second-order valence-electron chi connectivity index (χ2n) is 7.38. The number of nitrogens with one attached hydrogen (secondary N) is 2. The second-order valence-corrected chi connectivity index (χ2v) is 8.53. The normalized spacial score (nSPS) is 26.0. The Hall–Kier alpha value is -0.750. The van der Waals surface area contributed by atoms with Crippen LogP contribution in [0.4, 0.5) is 5.69 Å². The van der Waals surface area contributed by atoms with Gasteiger partial charge in [-0.2, -0.15) is 11.8 Å². The third-order valence-corrected chi connectivity index (χ3v) is 6.15. The lowest BCUT2D eigenvalue weighted by Gasteiger charge is -2.26. The van der Waals surface area contributed by atoms with Crippen LogP contribution < -0.4 is 10.6 Å². The summed E-state index contributed by atoms with van der Waals surface area (Å²) < 4.78 is 6.10. The minimum Gasteiger partial charge on any atom is -0.374 e. The molecule has 1 aromatic carbocycles. The van der Waals surface area contributed by atoms with E-state index in [0.717, 1.165) is 35.2 Å². The van der Waals surface area contributed by atoms with Crippen LogP contribution >= 0.6 is 24.2 Å². The summed E-state index contributed by atoms with van der Waals surface area (Å²) in [6.45, 7) is 3.93. The first-order valence-electron chi connectivity index (χ1n) is 9.50. The van der Waals surface area contributed by atoms with Crippen molar-refractivity contribution in [1.29, 1.82) is 0 Å². The molecule has 1 aliphatic heterocycles. The first-order chi connectivity index (χ1) is 12.2. The van der Waals surface area contributed by atoms with Crippen molar-refractivity contribution in [3.63, 3.8) is 0 Å². The predicted molar refractivity (Wildman–Crippen MR) is 112 cm³/mol. The molecule has 3 atom stereocenters. The van der Waals surface area contributed by atoms with E-state index in [1.807, 2.05) is 30.0 Å². The molecular formula is C20H31ClN2O2S. The standard InChI is InChI=1S/C20H30N2O2S.ClH/c1-15-4-2-7-19(10-15)24-13-16-5-3-6-17(11-16)22-20(23)12-18-14-25-9-8-21-18;/h3,5-6,11,15,18-19,21H,2,4,7-10,12-14H2,1H3,(H,22,23);1H. The molecule has 0 radical (unpaired) electrons. The number of halogens is 1. The number of anilines is 1. The predicted octanol–water partition coefficient (Wildman–Crippen LogP) is 4.24. The van der Waals surface area contributed by atoms with Crippen LogP contribution in [0, 0.1) is 5.92 Å². The van der Waals surface area contributed by atoms with Crippen LogP contribution in [0.3, 0.4) is 0 Å². The molecule has 26 heavy (non-hydrogen) atoms. The average molecular weight is 399 g/mol. The van der Waals surface area contributed by atoms with Gasteiger partial charge in [-0.3, -0.25) is 4.79 Å². The lowest BCUT2D eigenvalue weighted by Crippen LogP contribution is -2.39. The van der Waals surface area contributed by atoms with Crippen molar-refractivity contribution in [2.75, 3.05) is 23.4 Å². The maximum absolute atomic E-state index is 12.2. The lowest BCUT2D eigenvalue weighted by atomic mass is 9.89. The van der Waals surface area contributed by atoms with Crippen molar-refractivity contribution in [3.8, 4) is 0 Å². The Morgan fingerprint density at radius 3 is 3.04 bits per heavy atom. The van der Waals surface area contributed by atoms with E-state index >= 15 is 0 Å². The Labute approximate surface area is 167 Å². The Kier molecular flexibility index (Phi) is 9.26. The van der Waals surface area contributed by atoms with Crippen LogP contribution in [-0.2, 0) is 16.1 Å². The van der Waals surface area contributed by atoms with Gasteiger partial charge in [0.05, 0.1) is 12.7 Å². The summed E-state index contributed by atoms with van der Waals surface area (Å²) in [6.07, 6.45) is 5.87. The van der Waals surface area contributed by atoms with Crippen LogP contribution in [0.15, 0.2) is 24.3 Å². The number of rotatable bonds is 6. The van der Waals surface area contributed by atoms with Crippen LogP contribution in [0.2, 0.25) is 0 Å². The van der Waals surface area contributed by atoms with E-state index in [-0.39, 0.29) is 18.3 Å². The van der Waals surface area contributed by atoms with Crippen molar-refractivity contribution in [3.05, 3.63) is 29.8 Å². The van der Waals surface area contributed by atoms with Gasteiger partial charge in [0, 0.05) is 36.2 Å². The molecule has 1 aromatic rings. The second kappa shape index (κ2) is 11.2. The summed E-state index contributed by atoms with van der Waals surface area (Å²) in [7, 11) is 0. The molecule has 3 unspecified atom stereocenters. The number of carbonyl (C=O) groups excluding carboxylic acids is 1. The van der Waals surface area contributed by atoms with Gasteiger partial charge in [0.15, 0.2) is 0 Å². The maximum atomic E-state index is 12.2. The molecule has 3 rings (SSSR count). The van der Waals surface area contributed by atoms with E-state index in [0.29, 0.717) is 25.2 Å². The number of hydrogen-bond acceptors (Lipinski definition) is 4. The smallest absolute Gasteiger partial charge is 0.225 e. The van der Waals surface area contributed by atoms with Crippen LogP contribution in [0.5, 0.6) is 0 Å². The topological polar surface area (TPSA) is 50.4 Å². The van der Waals surface area contributed by atoms with Crippen molar-refractivity contribution < 1.29 is 9.53 Å². The van der Waals surface area contributed by atoms with Gasteiger partial charge in [-0.05, 0) is 36.5 Å². The molecule has 0 spiro atoms. The summed E-state index contributed by atoms with van der Waals surface area (Å²) in [5.41, 5.74) is 1.99. The molecule has 6 heteroatoms. The maximum Gasteiger partial charge on any atom is 0.225 e. The lowest BCUT2D eigenvalue weighted by molar-refractivity contribution is -0.116. The van der Waals surface area contributed by atoms with Crippen molar-refractivity contribution in [2.45, 2.75) is 57.8 Å². The van der Waals surface area contributed by atoms with Gasteiger partial charge < -0.3 is 15.4 Å². The minimum absolute atomic E-state index is 0. The number of thioether (sulfide) groups is 1. The van der Waals surface area contributed by atoms with Crippen molar-refractivity contribution in [2.24, 2.45) is 5.92 Å². The summed E-state index contributed by atoms with van der Waals surface area (Å²) >= 11 is 1.91. The first-order valence-corrected chi connectivity index (χ1v) is 10.7. The van der Waals surface area contributed by atoms with Gasteiger partial charge >= 0.3 is 0 Å². The highest BCUT2D eigenvalue weighted by Crippen LogP contribution is 2.26. The fourth-order valence-corrected chi connectivity index (χ4v) is 4.62. The molecule has 1 amide bonds. The van der Waals surface area contributed by atoms with E-state index in [1.54, 1.807) is 0 Å². The Morgan fingerprint density at radius 2 is 2.27 bits per heavy atom.